The van der Waals surface area contributed by atoms with E-state index in [2.05, 4.69) is 23.4 Å². The van der Waals surface area contributed by atoms with Crippen molar-refractivity contribution in [2.45, 2.75) is 20.3 Å². The molecule has 84 valence electrons. The number of thiazole rings is 1. The summed E-state index contributed by atoms with van der Waals surface area (Å²) in [5, 5.41) is 3.15. The fraction of sp³-hybridized carbons (Fsp3) is 0.308. The zero-order chi connectivity index (χ0) is 11.4. The molecule has 16 heavy (non-hydrogen) atoms. The lowest BCUT2D eigenvalue weighted by atomic mass is 10.2. The number of benzene rings is 1. The van der Waals surface area contributed by atoms with Crippen molar-refractivity contribution in [1.82, 2.24) is 4.98 Å². The lowest BCUT2D eigenvalue weighted by Gasteiger charge is -2.07. The van der Waals surface area contributed by atoms with E-state index in [4.69, 9.17) is 4.74 Å². The van der Waals surface area contributed by atoms with Crippen LogP contribution >= 0.6 is 11.3 Å². The topological polar surface area (TPSA) is 22.1 Å². The van der Waals surface area contributed by atoms with E-state index in [0.29, 0.717) is 6.61 Å². The normalized spacial score (nSPS) is 10.4. The number of para-hydroxylation sites is 1. The first-order chi connectivity index (χ1) is 7.85. The number of nitrogens with zero attached hydrogens (tertiary/aromatic N) is 1. The molecule has 0 spiro atoms. The highest BCUT2D eigenvalue weighted by Gasteiger charge is 2.08. The summed E-state index contributed by atoms with van der Waals surface area (Å²) in [4.78, 5) is 4.58. The van der Waals surface area contributed by atoms with Crippen LogP contribution in [0.2, 0.25) is 0 Å². The maximum absolute atomic E-state index is 5.60. The highest BCUT2D eigenvalue weighted by atomic mass is 32.1. The molecule has 0 radical (unpaired) electrons. The molecule has 0 unspecified atom stereocenters. The van der Waals surface area contributed by atoms with Gasteiger partial charge in [-0.1, -0.05) is 19.1 Å². The molecule has 1 heterocycles. The molecule has 0 amide bonds. The minimum atomic E-state index is 0.684. The molecule has 0 bridgehead atoms. The van der Waals surface area contributed by atoms with Crippen molar-refractivity contribution < 1.29 is 4.74 Å². The summed E-state index contributed by atoms with van der Waals surface area (Å²) in [5.74, 6) is 0.919. The van der Waals surface area contributed by atoms with E-state index in [1.54, 1.807) is 11.3 Å². The molecule has 2 aromatic rings. The Balaban J connectivity index is 2.38. The number of hydrogen-bond donors (Lipinski definition) is 0. The second-order valence-corrected chi connectivity index (χ2v) is 4.28. The molecular formula is C13H15NOS. The van der Waals surface area contributed by atoms with Gasteiger partial charge in [0.1, 0.15) is 10.8 Å². The zero-order valence-electron chi connectivity index (χ0n) is 9.56. The van der Waals surface area contributed by atoms with Crippen molar-refractivity contribution >= 4 is 11.3 Å². The Morgan fingerprint density at radius 2 is 2.06 bits per heavy atom. The third kappa shape index (κ3) is 2.25. The van der Waals surface area contributed by atoms with Gasteiger partial charge < -0.3 is 4.74 Å². The van der Waals surface area contributed by atoms with Gasteiger partial charge in [0.15, 0.2) is 0 Å². The van der Waals surface area contributed by atoms with Gasteiger partial charge in [0.05, 0.1) is 17.9 Å². The van der Waals surface area contributed by atoms with Crippen LogP contribution in [-0.2, 0) is 6.42 Å². The fourth-order valence-corrected chi connectivity index (χ4v) is 2.45. The average Bonchev–Trinajstić information content (AvgIpc) is 2.79. The molecule has 0 N–H and O–H groups in total. The summed E-state index contributed by atoms with van der Waals surface area (Å²) >= 11 is 1.68. The second kappa shape index (κ2) is 5.12. The summed E-state index contributed by atoms with van der Waals surface area (Å²) in [5.41, 5.74) is 2.24. The molecule has 2 rings (SSSR count). The minimum absolute atomic E-state index is 0.684. The number of rotatable bonds is 4. The Labute approximate surface area is 99.9 Å². The number of ether oxygens (including phenoxy) is 1. The van der Waals surface area contributed by atoms with Crippen molar-refractivity contribution in [3.63, 3.8) is 0 Å². The molecule has 0 atom stereocenters. The first kappa shape index (κ1) is 11.1. The van der Waals surface area contributed by atoms with E-state index < -0.39 is 0 Å². The van der Waals surface area contributed by atoms with Gasteiger partial charge in [0, 0.05) is 5.38 Å². The summed E-state index contributed by atoms with van der Waals surface area (Å²) in [6.45, 7) is 4.80. The molecule has 0 saturated carbocycles. The smallest absolute Gasteiger partial charge is 0.129 e. The number of hydrogen-bond acceptors (Lipinski definition) is 3. The Bertz CT molecular complexity index is 464. The van der Waals surface area contributed by atoms with E-state index in [9.17, 15) is 0 Å². The SMILES string of the molecule is CCOc1ccccc1-c1nc(CC)cs1. The van der Waals surface area contributed by atoms with Gasteiger partial charge in [-0.25, -0.2) is 4.98 Å². The predicted octanol–water partition coefficient (Wildman–Crippen LogP) is 3.77. The molecular weight excluding hydrogens is 218 g/mol. The standard InChI is InChI=1S/C13H15NOS/c1-3-10-9-16-13(14-10)11-7-5-6-8-12(11)15-4-2/h5-9H,3-4H2,1-2H3. The molecule has 3 heteroatoms. The molecule has 1 aromatic heterocycles. The molecule has 0 saturated heterocycles. The van der Waals surface area contributed by atoms with Crippen LogP contribution in [0.15, 0.2) is 29.6 Å². The second-order valence-electron chi connectivity index (χ2n) is 3.43. The summed E-state index contributed by atoms with van der Waals surface area (Å²) in [6, 6.07) is 8.06. The average molecular weight is 233 g/mol. The first-order valence-corrected chi connectivity index (χ1v) is 6.39. The van der Waals surface area contributed by atoms with Crippen molar-refractivity contribution in [2.24, 2.45) is 0 Å². The molecule has 1 aromatic carbocycles. The maximum Gasteiger partial charge on any atom is 0.129 e. The lowest BCUT2D eigenvalue weighted by molar-refractivity contribution is 0.341. The van der Waals surface area contributed by atoms with Gasteiger partial charge in [-0.05, 0) is 25.5 Å². The van der Waals surface area contributed by atoms with Gasteiger partial charge in [-0.2, -0.15) is 0 Å². The molecule has 0 fully saturated rings. The van der Waals surface area contributed by atoms with E-state index >= 15 is 0 Å². The maximum atomic E-state index is 5.60. The molecule has 0 aliphatic carbocycles. The third-order valence-electron chi connectivity index (χ3n) is 2.33. The Morgan fingerprint density at radius 3 is 2.75 bits per heavy atom. The van der Waals surface area contributed by atoms with Crippen LogP contribution in [0.3, 0.4) is 0 Å². The Morgan fingerprint density at radius 1 is 1.25 bits per heavy atom. The lowest BCUT2D eigenvalue weighted by Crippen LogP contribution is -1.93. The largest absolute Gasteiger partial charge is 0.493 e. The van der Waals surface area contributed by atoms with Crippen molar-refractivity contribution in [2.75, 3.05) is 6.61 Å². The van der Waals surface area contributed by atoms with Crippen molar-refractivity contribution in [1.29, 1.82) is 0 Å². The third-order valence-corrected chi connectivity index (χ3v) is 3.26. The minimum Gasteiger partial charge on any atom is -0.493 e. The Hall–Kier alpha value is -1.35. The number of aryl methyl sites for hydroxylation is 1. The van der Waals surface area contributed by atoms with Crippen LogP contribution in [0.4, 0.5) is 0 Å². The zero-order valence-corrected chi connectivity index (χ0v) is 10.4. The van der Waals surface area contributed by atoms with Gasteiger partial charge in [-0.15, -0.1) is 11.3 Å². The van der Waals surface area contributed by atoms with Crippen LogP contribution in [0.5, 0.6) is 5.75 Å². The van der Waals surface area contributed by atoms with Crippen LogP contribution in [-0.4, -0.2) is 11.6 Å². The Kier molecular flexibility index (Phi) is 3.57. The van der Waals surface area contributed by atoms with Crippen molar-refractivity contribution in [3.05, 3.63) is 35.3 Å². The van der Waals surface area contributed by atoms with Gasteiger partial charge in [0.25, 0.3) is 0 Å². The number of aromatic nitrogens is 1. The van der Waals surface area contributed by atoms with E-state index in [-0.39, 0.29) is 0 Å². The summed E-state index contributed by atoms with van der Waals surface area (Å²) < 4.78 is 5.60. The highest BCUT2D eigenvalue weighted by molar-refractivity contribution is 7.13. The van der Waals surface area contributed by atoms with E-state index in [0.717, 1.165) is 28.4 Å². The highest BCUT2D eigenvalue weighted by Crippen LogP contribution is 2.32. The molecule has 0 aliphatic rings. The van der Waals surface area contributed by atoms with Crippen LogP contribution in [0, 0.1) is 0 Å². The van der Waals surface area contributed by atoms with Crippen molar-refractivity contribution in [3.8, 4) is 16.3 Å². The van der Waals surface area contributed by atoms with Crippen LogP contribution < -0.4 is 4.74 Å². The predicted molar refractivity (Wildman–Crippen MR) is 68.1 cm³/mol. The van der Waals surface area contributed by atoms with Crippen LogP contribution in [0.1, 0.15) is 19.5 Å². The van der Waals surface area contributed by atoms with Gasteiger partial charge >= 0.3 is 0 Å². The quantitative estimate of drug-likeness (QED) is 0.802. The summed E-state index contributed by atoms with van der Waals surface area (Å²) in [6.07, 6.45) is 0.979. The van der Waals surface area contributed by atoms with Crippen LogP contribution in [0.25, 0.3) is 10.6 Å². The fourth-order valence-electron chi connectivity index (χ4n) is 1.52. The van der Waals surface area contributed by atoms with E-state index in [1.165, 1.54) is 0 Å². The molecule has 0 aliphatic heterocycles. The van der Waals surface area contributed by atoms with E-state index in [1.807, 2.05) is 25.1 Å². The van der Waals surface area contributed by atoms with Gasteiger partial charge in [0.2, 0.25) is 0 Å². The van der Waals surface area contributed by atoms with Gasteiger partial charge in [-0.3, -0.25) is 0 Å². The summed E-state index contributed by atoms with van der Waals surface area (Å²) in [7, 11) is 0. The molecule has 2 nitrogen and oxygen atoms in total. The monoisotopic (exact) mass is 233 g/mol. The first-order valence-electron chi connectivity index (χ1n) is 5.51.